The first-order chi connectivity index (χ1) is 18.1. The molecule has 9 nitrogen and oxygen atoms in total. The molecular weight excluding hydrogens is 468 g/mol. The SMILES string of the molecule is COc1ccc(-c2nn(-c3ccccc3)cc2C(=O)NCC(=O)Nc2ccc(-n3cccn3)cc2)cc1. The molecule has 0 saturated heterocycles. The van der Waals surface area contributed by atoms with Crippen LogP contribution in [0.3, 0.4) is 0 Å². The Hall–Kier alpha value is -5.18. The van der Waals surface area contributed by atoms with Crippen LogP contribution >= 0.6 is 0 Å². The van der Waals surface area contributed by atoms with E-state index in [2.05, 4.69) is 20.8 Å². The van der Waals surface area contributed by atoms with Crippen molar-refractivity contribution in [1.82, 2.24) is 24.9 Å². The second kappa shape index (κ2) is 10.6. The summed E-state index contributed by atoms with van der Waals surface area (Å²) in [4.78, 5) is 25.7. The lowest BCUT2D eigenvalue weighted by Crippen LogP contribution is -2.33. The lowest BCUT2D eigenvalue weighted by atomic mass is 10.1. The molecule has 0 bridgehead atoms. The highest BCUT2D eigenvalue weighted by Crippen LogP contribution is 2.26. The Morgan fingerprint density at radius 2 is 1.59 bits per heavy atom. The van der Waals surface area contributed by atoms with Crippen LogP contribution < -0.4 is 15.4 Å². The van der Waals surface area contributed by atoms with Crippen LogP contribution in [0.4, 0.5) is 5.69 Å². The van der Waals surface area contributed by atoms with E-state index in [1.54, 1.807) is 41.0 Å². The first-order valence-corrected chi connectivity index (χ1v) is 11.6. The van der Waals surface area contributed by atoms with Gasteiger partial charge in [0.25, 0.3) is 5.91 Å². The number of carbonyl (C=O) groups is 2. The quantitative estimate of drug-likeness (QED) is 0.340. The summed E-state index contributed by atoms with van der Waals surface area (Å²) in [6, 6.07) is 25.9. The Bertz CT molecular complexity index is 1490. The molecule has 0 fully saturated rings. The zero-order valence-electron chi connectivity index (χ0n) is 20.0. The summed E-state index contributed by atoms with van der Waals surface area (Å²) in [6.45, 7) is -0.196. The summed E-state index contributed by atoms with van der Waals surface area (Å²) < 4.78 is 8.62. The number of nitrogens with one attached hydrogen (secondary N) is 2. The topological polar surface area (TPSA) is 103 Å². The molecule has 0 atom stereocenters. The molecule has 0 aliphatic carbocycles. The van der Waals surface area contributed by atoms with Crippen LogP contribution in [-0.2, 0) is 4.79 Å². The standard InChI is InChI=1S/C28H24N6O3/c1-37-24-14-8-20(9-15-24)27-25(19-34(32-27)22-6-3-2-4-7-22)28(36)29-18-26(35)31-21-10-12-23(13-11-21)33-17-5-16-30-33/h2-17,19H,18H2,1H3,(H,29,36)(H,31,35). The number of amides is 2. The molecule has 0 aliphatic heterocycles. The van der Waals surface area contributed by atoms with Crippen molar-refractivity contribution in [3.8, 4) is 28.4 Å². The maximum Gasteiger partial charge on any atom is 0.255 e. The summed E-state index contributed by atoms with van der Waals surface area (Å²) in [6.07, 6.45) is 5.20. The number of aromatic nitrogens is 4. The molecule has 2 aromatic heterocycles. The highest BCUT2D eigenvalue weighted by molar-refractivity contribution is 6.02. The Kier molecular flexibility index (Phi) is 6.76. The lowest BCUT2D eigenvalue weighted by molar-refractivity contribution is -0.115. The summed E-state index contributed by atoms with van der Waals surface area (Å²) in [5.41, 5.74) is 3.91. The summed E-state index contributed by atoms with van der Waals surface area (Å²) >= 11 is 0. The van der Waals surface area contributed by atoms with Crippen molar-refractivity contribution >= 4 is 17.5 Å². The van der Waals surface area contributed by atoms with Crippen molar-refractivity contribution in [2.75, 3.05) is 19.0 Å². The van der Waals surface area contributed by atoms with E-state index in [-0.39, 0.29) is 12.5 Å². The van der Waals surface area contributed by atoms with Gasteiger partial charge in [0, 0.05) is 29.8 Å². The normalized spacial score (nSPS) is 10.6. The second-order valence-corrected chi connectivity index (χ2v) is 8.13. The van der Waals surface area contributed by atoms with Gasteiger partial charge in [-0.05, 0) is 66.7 Å². The first kappa shape index (κ1) is 23.6. The van der Waals surface area contributed by atoms with E-state index in [9.17, 15) is 9.59 Å². The van der Waals surface area contributed by atoms with Gasteiger partial charge < -0.3 is 15.4 Å². The molecule has 0 spiro atoms. The second-order valence-electron chi connectivity index (χ2n) is 8.13. The monoisotopic (exact) mass is 492 g/mol. The molecule has 0 aliphatic rings. The third-order valence-corrected chi connectivity index (χ3v) is 5.67. The van der Waals surface area contributed by atoms with Gasteiger partial charge in [-0.1, -0.05) is 18.2 Å². The minimum atomic E-state index is -0.405. The molecule has 5 rings (SSSR count). The molecule has 0 radical (unpaired) electrons. The predicted molar refractivity (Wildman–Crippen MR) is 140 cm³/mol. The van der Waals surface area contributed by atoms with E-state index < -0.39 is 5.91 Å². The van der Waals surface area contributed by atoms with Gasteiger partial charge in [0.15, 0.2) is 0 Å². The molecule has 37 heavy (non-hydrogen) atoms. The number of para-hydroxylation sites is 1. The number of ether oxygens (including phenoxy) is 1. The molecule has 184 valence electrons. The van der Waals surface area contributed by atoms with E-state index in [0.29, 0.717) is 22.7 Å². The fraction of sp³-hybridized carbons (Fsp3) is 0.0714. The van der Waals surface area contributed by atoms with Crippen LogP contribution in [0.5, 0.6) is 5.75 Å². The van der Waals surface area contributed by atoms with Crippen molar-refractivity contribution in [3.05, 3.63) is 109 Å². The molecular formula is C28H24N6O3. The maximum absolute atomic E-state index is 13.2. The van der Waals surface area contributed by atoms with Crippen molar-refractivity contribution in [3.63, 3.8) is 0 Å². The van der Waals surface area contributed by atoms with Gasteiger partial charge in [-0.3, -0.25) is 9.59 Å². The first-order valence-electron chi connectivity index (χ1n) is 11.6. The van der Waals surface area contributed by atoms with Crippen LogP contribution in [0.15, 0.2) is 104 Å². The van der Waals surface area contributed by atoms with Crippen molar-refractivity contribution in [2.24, 2.45) is 0 Å². The van der Waals surface area contributed by atoms with E-state index in [4.69, 9.17) is 4.74 Å². The van der Waals surface area contributed by atoms with E-state index in [1.165, 1.54) is 0 Å². The van der Waals surface area contributed by atoms with Crippen LogP contribution in [0.25, 0.3) is 22.6 Å². The zero-order chi connectivity index (χ0) is 25.6. The fourth-order valence-corrected chi connectivity index (χ4v) is 3.80. The van der Waals surface area contributed by atoms with Crippen molar-refractivity contribution in [1.29, 1.82) is 0 Å². The Balaban J connectivity index is 1.30. The highest BCUT2D eigenvalue weighted by Gasteiger charge is 2.19. The zero-order valence-corrected chi connectivity index (χ0v) is 20.0. The average molecular weight is 493 g/mol. The van der Waals surface area contributed by atoms with Crippen LogP contribution in [0.1, 0.15) is 10.4 Å². The molecule has 2 N–H and O–H groups in total. The molecule has 0 saturated carbocycles. The largest absolute Gasteiger partial charge is 0.497 e. The number of rotatable bonds is 8. The maximum atomic E-state index is 13.2. The minimum Gasteiger partial charge on any atom is -0.497 e. The third kappa shape index (κ3) is 5.40. The average Bonchev–Trinajstić information content (AvgIpc) is 3.64. The molecule has 2 amide bonds. The lowest BCUT2D eigenvalue weighted by Gasteiger charge is -2.08. The molecule has 3 aromatic carbocycles. The Morgan fingerprint density at radius 3 is 2.27 bits per heavy atom. The number of nitrogens with zero attached hydrogens (tertiary/aromatic N) is 4. The minimum absolute atomic E-state index is 0.196. The van der Waals surface area contributed by atoms with E-state index >= 15 is 0 Å². The van der Waals surface area contributed by atoms with Gasteiger partial charge in [0.2, 0.25) is 5.91 Å². The van der Waals surface area contributed by atoms with Crippen molar-refractivity contribution < 1.29 is 14.3 Å². The van der Waals surface area contributed by atoms with Crippen LogP contribution in [0.2, 0.25) is 0 Å². The fourth-order valence-electron chi connectivity index (χ4n) is 3.80. The number of benzene rings is 3. The number of hydrogen-bond acceptors (Lipinski definition) is 5. The van der Waals surface area contributed by atoms with Gasteiger partial charge in [-0.2, -0.15) is 10.2 Å². The van der Waals surface area contributed by atoms with Gasteiger partial charge in [-0.25, -0.2) is 9.36 Å². The molecule has 9 heteroatoms. The molecule has 0 unspecified atom stereocenters. The predicted octanol–water partition coefficient (Wildman–Crippen LogP) is 4.10. The smallest absolute Gasteiger partial charge is 0.255 e. The van der Waals surface area contributed by atoms with Gasteiger partial charge in [0.05, 0.1) is 30.6 Å². The third-order valence-electron chi connectivity index (χ3n) is 5.67. The van der Waals surface area contributed by atoms with Crippen molar-refractivity contribution in [2.45, 2.75) is 0 Å². The summed E-state index contributed by atoms with van der Waals surface area (Å²) in [7, 11) is 1.59. The molecule has 2 heterocycles. The van der Waals surface area contributed by atoms with Crippen LogP contribution in [-0.4, -0.2) is 45.0 Å². The van der Waals surface area contributed by atoms with Gasteiger partial charge in [0.1, 0.15) is 11.4 Å². The Morgan fingerprint density at radius 1 is 0.865 bits per heavy atom. The summed E-state index contributed by atoms with van der Waals surface area (Å²) in [5, 5.41) is 14.3. The van der Waals surface area contributed by atoms with Gasteiger partial charge in [-0.15, -0.1) is 0 Å². The number of methoxy groups -OCH3 is 1. The number of carbonyl (C=O) groups excluding carboxylic acids is 2. The molecule has 5 aromatic rings. The Labute approximate surface area is 213 Å². The van der Waals surface area contributed by atoms with Gasteiger partial charge >= 0.3 is 0 Å². The van der Waals surface area contributed by atoms with E-state index in [0.717, 1.165) is 16.9 Å². The highest BCUT2D eigenvalue weighted by atomic mass is 16.5. The summed E-state index contributed by atoms with van der Waals surface area (Å²) in [5.74, 6) is -0.0506. The van der Waals surface area contributed by atoms with Crippen LogP contribution in [0, 0.1) is 0 Å². The van der Waals surface area contributed by atoms with E-state index in [1.807, 2.05) is 79.0 Å². The number of hydrogen-bond donors (Lipinski definition) is 2. The number of anilines is 1.